The lowest BCUT2D eigenvalue weighted by molar-refractivity contribution is -0.130. The van der Waals surface area contributed by atoms with Gasteiger partial charge in [-0.15, -0.1) is 0 Å². The first kappa shape index (κ1) is 19.2. The second-order valence-corrected chi connectivity index (χ2v) is 8.54. The second-order valence-electron chi connectivity index (χ2n) is 6.68. The maximum absolute atomic E-state index is 12.7. The highest BCUT2D eigenvalue weighted by Gasteiger charge is 2.32. The Morgan fingerprint density at radius 3 is 2.11 bits per heavy atom. The van der Waals surface area contributed by atoms with E-state index in [2.05, 4.69) is 0 Å². The van der Waals surface area contributed by atoms with Crippen molar-refractivity contribution in [1.82, 2.24) is 4.90 Å². The van der Waals surface area contributed by atoms with Gasteiger partial charge in [-0.2, -0.15) is 0 Å². The zero-order valence-electron chi connectivity index (χ0n) is 15.5. The zero-order valence-corrected chi connectivity index (χ0v) is 16.4. The molecule has 0 aromatic heterocycles. The van der Waals surface area contributed by atoms with Crippen LogP contribution in [0.15, 0.2) is 54.6 Å². The first-order chi connectivity index (χ1) is 12.9. The van der Waals surface area contributed by atoms with Gasteiger partial charge in [-0.05, 0) is 56.2 Å². The number of sulfonamides is 1. The Morgan fingerprint density at radius 1 is 1.00 bits per heavy atom. The largest absolute Gasteiger partial charge is 0.457 e. The molecule has 0 saturated carbocycles. The van der Waals surface area contributed by atoms with Crippen LogP contribution >= 0.6 is 0 Å². The van der Waals surface area contributed by atoms with Gasteiger partial charge in [0.25, 0.3) is 0 Å². The van der Waals surface area contributed by atoms with Crippen molar-refractivity contribution in [3.63, 3.8) is 0 Å². The first-order valence-electron chi connectivity index (χ1n) is 8.97. The summed E-state index contributed by atoms with van der Waals surface area (Å²) in [6.45, 7) is 3.01. The number of carbonyl (C=O) groups is 1. The summed E-state index contributed by atoms with van der Waals surface area (Å²) in [5.74, 6) is 1.13. The molecule has 144 valence electrons. The van der Waals surface area contributed by atoms with Crippen LogP contribution in [0.2, 0.25) is 0 Å². The van der Waals surface area contributed by atoms with Crippen LogP contribution in [0, 0.1) is 0 Å². The Morgan fingerprint density at radius 2 is 1.56 bits per heavy atom. The number of rotatable bonds is 6. The number of amides is 1. The lowest BCUT2D eigenvalue weighted by Gasteiger charge is -2.31. The molecule has 0 N–H and O–H groups in total. The van der Waals surface area contributed by atoms with Crippen LogP contribution in [0.3, 0.4) is 0 Å². The number of hydrogen-bond acceptors (Lipinski definition) is 4. The molecule has 1 saturated heterocycles. The van der Waals surface area contributed by atoms with Crippen LogP contribution in [-0.2, 0) is 14.8 Å². The number of nitrogens with zero attached hydrogens (tertiary/aromatic N) is 2. The summed E-state index contributed by atoms with van der Waals surface area (Å²) < 4.78 is 31.7. The minimum absolute atomic E-state index is 0.164. The van der Waals surface area contributed by atoms with Gasteiger partial charge in [0.2, 0.25) is 15.9 Å². The van der Waals surface area contributed by atoms with E-state index in [0.717, 1.165) is 19.1 Å². The number of benzene rings is 2. The van der Waals surface area contributed by atoms with E-state index in [1.165, 1.54) is 4.31 Å². The number of para-hydroxylation sites is 1. The van der Waals surface area contributed by atoms with Gasteiger partial charge in [-0.25, -0.2) is 8.42 Å². The molecule has 7 heteroatoms. The molecule has 1 unspecified atom stereocenters. The number of hydrogen-bond donors (Lipinski definition) is 0. The number of carbonyl (C=O) groups excluding carboxylic acids is 1. The molecule has 1 atom stereocenters. The topological polar surface area (TPSA) is 66.9 Å². The molecule has 2 aromatic rings. The van der Waals surface area contributed by atoms with E-state index in [1.54, 1.807) is 36.1 Å². The van der Waals surface area contributed by atoms with E-state index in [0.29, 0.717) is 30.3 Å². The van der Waals surface area contributed by atoms with Gasteiger partial charge in [0.05, 0.1) is 11.9 Å². The van der Waals surface area contributed by atoms with Crippen molar-refractivity contribution in [3.05, 3.63) is 54.6 Å². The highest BCUT2D eigenvalue weighted by Crippen LogP contribution is 2.27. The van der Waals surface area contributed by atoms with Crippen LogP contribution in [0.4, 0.5) is 5.69 Å². The normalized spacial score (nSPS) is 15.4. The maximum atomic E-state index is 12.7. The molecule has 1 aliphatic heterocycles. The van der Waals surface area contributed by atoms with Gasteiger partial charge >= 0.3 is 0 Å². The van der Waals surface area contributed by atoms with Crippen molar-refractivity contribution < 1.29 is 17.9 Å². The van der Waals surface area contributed by atoms with Crippen molar-refractivity contribution in [2.75, 3.05) is 23.7 Å². The Bertz CT molecular complexity index is 876. The first-order valence-corrected chi connectivity index (χ1v) is 10.8. The molecular weight excluding hydrogens is 364 g/mol. The van der Waals surface area contributed by atoms with Crippen LogP contribution in [-0.4, -0.2) is 44.6 Å². The fourth-order valence-electron chi connectivity index (χ4n) is 3.29. The van der Waals surface area contributed by atoms with Crippen LogP contribution < -0.4 is 9.04 Å². The fourth-order valence-corrected chi connectivity index (χ4v) is 4.46. The Labute approximate surface area is 160 Å². The summed E-state index contributed by atoms with van der Waals surface area (Å²) in [7, 11) is -3.62. The summed E-state index contributed by atoms with van der Waals surface area (Å²) in [5.41, 5.74) is 0.443. The zero-order chi connectivity index (χ0) is 19.4. The highest BCUT2D eigenvalue weighted by atomic mass is 32.2. The van der Waals surface area contributed by atoms with E-state index in [4.69, 9.17) is 4.74 Å². The number of likely N-dealkylation sites (tertiary alicyclic amines) is 1. The fraction of sp³-hybridized carbons (Fsp3) is 0.350. The van der Waals surface area contributed by atoms with Crippen LogP contribution in [0.1, 0.15) is 19.8 Å². The van der Waals surface area contributed by atoms with E-state index in [1.807, 2.05) is 30.3 Å². The van der Waals surface area contributed by atoms with Gasteiger partial charge in [0.1, 0.15) is 17.5 Å². The lowest BCUT2D eigenvalue weighted by atomic mass is 10.2. The monoisotopic (exact) mass is 388 g/mol. The van der Waals surface area contributed by atoms with Crippen LogP contribution in [0.5, 0.6) is 11.5 Å². The predicted molar refractivity (Wildman–Crippen MR) is 106 cm³/mol. The third-order valence-electron chi connectivity index (χ3n) is 4.55. The quantitative estimate of drug-likeness (QED) is 0.762. The highest BCUT2D eigenvalue weighted by molar-refractivity contribution is 7.92. The third-order valence-corrected chi connectivity index (χ3v) is 5.80. The molecule has 0 aliphatic carbocycles. The van der Waals surface area contributed by atoms with Gasteiger partial charge in [0.15, 0.2) is 0 Å². The molecule has 1 fully saturated rings. The standard InChI is InChI=1S/C20H24N2O4S/c1-16(20(23)21-14-6-7-15-21)22(27(2,24)25)17-10-12-19(13-11-17)26-18-8-4-3-5-9-18/h3-5,8-13,16H,6-7,14-15H2,1-2H3. The SMILES string of the molecule is CC(C(=O)N1CCCC1)N(c1ccc(Oc2ccccc2)cc1)S(C)(=O)=O. The Hall–Kier alpha value is -2.54. The van der Waals surface area contributed by atoms with Gasteiger partial charge in [0, 0.05) is 13.1 Å². The maximum Gasteiger partial charge on any atom is 0.246 e. The summed E-state index contributed by atoms with van der Waals surface area (Å²) in [6.07, 6.45) is 3.04. The lowest BCUT2D eigenvalue weighted by Crippen LogP contribution is -2.48. The Balaban J connectivity index is 1.82. The second kappa shape index (κ2) is 8.00. The van der Waals surface area contributed by atoms with Gasteiger partial charge in [-0.1, -0.05) is 18.2 Å². The molecule has 0 spiro atoms. The molecule has 1 amide bonds. The molecule has 1 heterocycles. The number of ether oxygens (including phenoxy) is 1. The van der Waals surface area contributed by atoms with E-state index in [-0.39, 0.29) is 5.91 Å². The Kier molecular flexibility index (Phi) is 5.70. The molecule has 0 radical (unpaired) electrons. The molecule has 3 rings (SSSR count). The average molecular weight is 388 g/mol. The molecule has 6 nitrogen and oxygen atoms in total. The third kappa shape index (κ3) is 4.60. The summed E-state index contributed by atoms with van der Waals surface area (Å²) in [4.78, 5) is 14.4. The van der Waals surface area contributed by atoms with Crippen molar-refractivity contribution in [2.45, 2.75) is 25.8 Å². The van der Waals surface area contributed by atoms with Crippen molar-refractivity contribution >= 4 is 21.6 Å². The minimum Gasteiger partial charge on any atom is -0.457 e. The predicted octanol–water partition coefficient (Wildman–Crippen LogP) is 3.26. The summed E-state index contributed by atoms with van der Waals surface area (Å²) in [6, 6.07) is 15.3. The van der Waals surface area contributed by atoms with Crippen molar-refractivity contribution in [2.24, 2.45) is 0 Å². The molecule has 1 aliphatic rings. The average Bonchev–Trinajstić information content (AvgIpc) is 3.17. The smallest absolute Gasteiger partial charge is 0.246 e. The van der Waals surface area contributed by atoms with E-state index >= 15 is 0 Å². The van der Waals surface area contributed by atoms with Gasteiger partial charge in [-0.3, -0.25) is 9.10 Å². The molecule has 2 aromatic carbocycles. The van der Waals surface area contributed by atoms with Crippen molar-refractivity contribution in [3.8, 4) is 11.5 Å². The van der Waals surface area contributed by atoms with E-state index < -0.39 is 16.1 Å². The molecule has 27 heavy (non-hydrogen) atoms. The summed E-state index contributed by atoms with van der Waals surface area (Å²) in [5, 5.41) is 0. The number of anilines is 1. The molecular formula is C20H24N2O4S. The van der Waals surface area contributed by atoms with Crippen LogP contribution in [0.25, 0.3) is 0 Å². The van der Waals surface area contributed by atoms with Crippen molar-refractivity contribution in [1.29, 1.82) is 0 Å². The molecule has 0 bridgehead atoms. The minimum atomic E-state index is -3.62. The van der Waals surface area contributed by atoms with E-state index in [9.17, 15) is 13.2 Å². The van der Waals surface area contributed by atoms with Gasteiger partial charge < -0.3 is 9.64 Å². The summed E-state index contributed by atoms with van der Waals surface area (Å²) >= 11 is 0.